The molecule has 2 aromatic carbocycles. The first-order valence-corrected chi connectivity index (χ1v) is 11.7. The van der Waals surface area contributed by atoms with E-state index in [4.69, 9.17) is 4.74 Å². The van der Waals surface area contributed by atoms with Gasteiger partial charge in [-0.2, -0.15) is 0 Å². The van der Waals surface area contributed by atoms with Crippen molar-refractivity contribution in [2.45, 2.75) is 31.0 Å². The van der Waals surface area contributed by atoms with Crippen LogP contribution in [0.3, 0.4) is 0 Å². The number of carbonyl (C=O) groups excluding carboxylic acids is 2. The van der Waals surface area contributed by atoms with Gasteiger partial charge in [0.15, 0.2) is 10.1 Å². The molecule has 0 spiro atoms. The van der Waals surface area contributed by atoms with Gasteiger partial charge in [0.05, 0.1) is 24.5 Å². The van der Waals surface area contributed by atoms with E-state index in [1.54, 1.807) is 0 Å². The van der Waals surface area contributed by atoms with Gasteiger partial charge < -0.3 is 10.1 Å². The number of ether oxygens (including phenoxy) is 1. The highest BCUT2D eigenvalue weighted by Gasteiger charge is 2.11. The van der Waals surface area contributed by atoms with Crippen LogP contribution in [0.15, 0.2) is 58.3 Å². The van der Waals surface area contributed by atoms with Crippen molar-refractivity contribution in [1.29, 1.82) is 0 Å². The van der Waals surface area contributed by atoms with Crippen LogP contribution in [-0.4, -0.2) is 29.0 Å². The molecule has 1 amide bonds. The topological polar surface area (TPSA) is 68.3 Å². The Morgan fingerprint density at radius 3 is 2.47 bits per heavy atom. The van der Waals surface area contributed by atoms with Crippen molar-refractivity contribution in [1.82, 2.24) is 4.98 Å². The normalized spacial score (nSPS) is 10.6. The summed E-state index contributed by atoms with van der Waals surface area (Å²) < 4.78 is 6.18. The number of aryl methyl sites for hydroxylation is 1. The van der Waals surface area contributed by atoms with Gasteiger partial charge in [-0.15, -0.1) is 11.3 Å². The third-order valence-corrected chi connectivity index (χ3v) is 6.40. The summed E-state index contributed by atoms with van der Waals surface area (Å²) in [6.45, 7) is 4.62. The van der Waals surface area contributed by atoms with E-state index in [0.29, 0.717) is 29.3 Å². The zero-order chi connectivity index (χ0) is 21.3. The molecule has 0 saturated carbocycles. The number of carbonyl (C=O) groups is 2. The van der Waals surface area contributed by atoms with Gasteiger partial charge in [-0.1, -0.05) is 43.0 Å². The molecule has 3 rings (SSSR count). The highest BCUT2D eigenvalue weighted by atomic mass is 32.2. The summed E-state index contributed by atoms with van der Waals surface area (Å²) in [5.74, 6) is 1.05. The fraction of sp³-hybridized carbons (Fsp3) is 0.261. The molecule has 0 unspecified atom stereocenters. The molecule has 1 heterocycles. The molecule has 0 aliphatic carbocycles. The molecule has 0 aliphatic heterocycles. The molecule has 3 aromatic rings. The van der Waals surface area contributed by atoms with E-state index in [9.17, 15) is 9.59 Å². The van der Waals surface area contributed by atoms with Gasteiger partial charge in [0.2, 0.25) is 5.91 Å². The fourth-order valence-corrected chi connectivity index (χ4v) is 4.48. The van der Waals surface area contributed by atoms with Crippen LogP contribution in [0.4, 0.5) is 5.69 Å². The molecule has 0 aliphatic rings. The van der Waals surface area contributed by atoms with E-state index < -0.39 is 0 Å². The Morgan fingerprint density at radius 1 is 1.07 bits per heavy atom. The molecule has 0 radical (unpaired) electrons. The van der Waals surface area contributed by atoms with E-state index in [1.165, 1.54) is 28.7 Å². The second-order valence-electron chi connectivity index (χ2n) is 6.55. The predicted molar refractivity (Wildman–Crippen MR) is 123 cm³/mol. The molecule has 156 valence electrons. The van der Waals surface area contributed by atoms with E-state index >= 15 is 0 Å². The third-order valence-electron chi connectivity index (χ3n) is 4.33. The first kappa shape index (κ1) is 22.1. The van der Waals surface area contributed by atoms with Crippen LogP contribution in [0, 0.1) is 0 Å². The molecule has 7 heteroatoms. The maximum atomic E-state index is 12.4. The number of nitrogens with one attached hydrogen (secondary N) is 1. The van der Waals surface area contributed by atoms with Crippen molar-refractivity contribution in [3.63, 3.8) is 0 Å². The minimum Gasteiger partial charge on any atom is -0.494 e. The number of hydrogen-bond donors (Lipinski definition) is 1. The molecule has 1 N–H and O–H groups in total. The second-order valence-corrected chi connectivity index (χ2v) is 8.63. The van der Waals surface area contributed by atoms with Crippen LogP contribution in [0.5, 0.6) is 5.75 Å². The van der Waals surface area contributed by atoms with Crippen LogP contribution in [0.25, 0.3) is 0 Å². The SMILES string of the molecule is CCOc1ccc(NC(=O)Cc2csc(SCC(=O)c3ccc(CC)cc3)n2)cc1. The number of thioether (sulfide) groups is 1. The molecule has 0 atom stereocenters. The number of hydrogen-bond acceptors (Lipinski definition) is 6. The van der Waals surface area contributed by atoms with Crippen LogP contribution < -0.4 is 10.1 Å². The van der Waals surface area contributed by atoms with Crippen LogP contribution in [0.2, 0.25) is 0 Å². The molecular formula is C23H24N2O3S2. The summed E-state index contributed by atoms with van der Waals surface area (Å²) in [6.07, 6.45) is 1.15. The number of Topliss-reactive ketones (excluding diaryl/α,β-unsaturated/α-hetero) is 1. The molecule has 0 fully saturated rings. The molecule has 0 saturated heterocycles. The van der Waals surface area contributed by atoms with Gasteiger partial charge in [0.25, 0.3) is 0 Å². The minimum atomic E-state index is -0.131. The van der Waals surface area contributed by atoms with Gasteiger partial charge in [-0.05, 0) is 43.2 Å². The summed E-state index contributed by atoms with van der Waals surface area (Å²) in [5.41, 5.74) is 3.34. The second kappa shape index (κ2) is 10.9. The number of aromatic nitrogens is 1. The maximum absolute atomic E-state index is 12.4. The lowest BCUT2D eigenvalue weighted by molar-refractivity contribution is -0.115. The Hall–Kier alpha value is -2.64. The number of thiazole rings is 1. The summed E-state index contributed by atoms with van der Waals surface area (Å²) in [6, 6.07) is 15.0. The number of anilines is 1. The smallest absolute Gasteiger partial charge is 0.230 e. The number of ketones is 1. The van der Waals surface area contributed by atoms with Gasteiger partial charge in [-0.3, -0.25) is 9.59 Å². The van der Waals surface area contributed by atoms with Gasteiger partial charge in [-0.25, -0.2) is 4.98 Å². The third kappa shape index (κ3) is 6.43. The van der Waals surface area contributed by atoms with Crippen molar-refractivity contribution >= 4 is 40.5 Å². The summed E-state index contributed by atoms with van der Waals surface area (Å²) in [4.78, 5) is 29.1. The largest absolute Gasteiger partial charge is 0.494 e. The quantitative estimate of drug-likeness (QED) is 0.344. The van der Waals surface area contributed by atoms with Crippen molar-refractivity contribution in [2.75, 3.05) is 17.7 Å². The van der Waals surface area contributed by atoms with Crippen molar-refractivity contribution in [2.24, 2.45) is 0 Å². The van der Waals surface area contributed by atoms with E-state index in [1.807, 2.05) is 60.8 Å². The lowest BCUT2D eigenvalue weighted by Crippen LogP contribution is -2.14. The Kier molecular flexibility index (Phi) is 8.04. The summed E-state index contributed by atoms with van der Waals surface area (Å²) >= 11 is 2.86. The Morgan fingerprint density at radius 2 is 1.80 bits per heavy atom. The number of rotatable bonds is 10. The van der Waals surface area contributed by atoms with Crippen LogP contribution in [-0.2, 0) is 17.6 Å². The lowest BCUT2D eigenvalue weighted by Gasteiger charge is -2.06. The summed E-state index contributed by atoms with van der Waals surface area (Å²) in [7, 11) is 0. The Balaban J connectivity index is 1.48. The molecule has 5 nitrogen and oxygen atoms in total. The average Bonchev–Trinajstić information content (AvgIpc) is 3.20. The molecule has 0 bridgehead atoms. The minimum absolute atomic E-state index is 0.0765. The maximum Gasteiger partial charge on any atom is 0.230 e. The number of amides is 1. The predicted octanol–water partition coefficient (Wildman–Crippen LogP) is 5.26. The van der Waals surface area contributed by atoms with Crippen molar-refractivity contribution in [3.8, 4) is 5.75 Å². The molecule has 30 heavy (non-hydrogen) atoms. The highest BCUT2D eigenvalue weighted by molar-refractivity contribution is 8.01. The van der Waals surface area contributed by atoms with Gasteiger partial charge >= 0.3 is 0 Å². The lowest BCUT2D eigenvalue weighted by atomic mass is 10.1. The Bertz CT molecular complexity index is 982. The fourth-order valence-electron chi connectivity index (χ4n) is 2.74. The van der Waals surface area contributed by atoms with Crippen molar-refractivity contribution in [3.05, 3.63) is 70.7 Å². The first-order valence-electron chi connectivity index (χ1n) is 9.79. The molecular weight excluding hydrogens is 416 g/mol. The van der Waals surface area contributed by atoms with Crippen molar-refractivity contribution < 1.29 is 14.3 Å². The monoisotopic (exact) mass is 440 g/mol. The van der Waals surface area contributed by atoms with Crippen LogP contribution >= 0.6 is 23.1 Å². The molecule has 1 aromatic heterocycles. The van der Waals surface area contributed by atoms with Crippen LogP contribution in [0.1, 0.15) is 35.5 Å². The zero-order valence-electron chi connectivity index (χ0n) is 17.0. The van der Waals surface area contributed by atoms with E-state index in [-0.39, 0.29) is 18.1 Å². The number of benzene rings is 2. The summed E-state index contributed by atoms with van der Waals surface area (Å²) in [5, 5.41) is 4.72. The Labute approximate surface area is 184 Å². The number of nitrogens with zero attached hydrogens (tertiary/aromatic N) is 1. The first-order chi connectivity index (χ1) is 14.6. The average molecular weight is 441 g/mol. The van der Waals surface area contributed by atoms with E-state index in [2.05, 4.69) is 17.2 Å². The van der Waals surface area contributed by atoms with E-state index in [0.717, 1.165) is 16.5 Å². The zero-order valence-corrected chi connectivity index (χ0v) is 18.6. The highest BCUT2D eigenvalue weighted by Crippen LogP contribution is 2.24. The standard InChI is InChI=1S/C23H24N2O3S2/c1-3-16-5-7-17(8-6-16)21(26)15-30-23-25-19(14-29-23)13-22(27)24-18-9-11-20(12-10-18)28-4-2/h5-12,14H,3-4,13,15H2,1-2H3,(H,24,27). The van der Waals surface area contributed by atoms with Gasteiger partial charge in [0, 0.05) is 16.6 Å². The van der Waals surface area contributed by atoms with Gasteiger partial charge in [0.1, 0.15) is 5.75 Å².